The van der Waals surface area contributed by atoms with Gasteiger partial charge in [0.2, 0.25) is 0 Å². The normalized spacial score (nSPS) is 11.2. The molecular formula is C10H19NO. The van der Waals surface area contributed by atoms with Crippen molar-refractivity contribution in [3.05, 3.63) is 25.3 Å². The van der Waals surface area contributed by atoms with Crippen molar-refractivity contribution in [1.82, 2.24) is 0 Å². The van der Waals surface area contributed by atoms with E-state index < -0.39 is 5.60 Å². The molecule has 0 fully saturated rings. The van der Waals surface area contributed by atoms with Crippen LogP contribution in [-0.2, 0) is 0 Å². The molecule has 0 heterocycles. The van der Waals surface area contributed by atoms with Crippen molar-refractivity contribution in [2.45, 2.75) is 31.3 Å². The van der Waals surface area contributed by atoms with Crippen LogP contribution in [0.15, 0.2) is 25.3 Å². The Hall–Kier alpha value is -0.600. The summed E-state index contributed by atoms with van der Waals surface area (Å²) < 4.78 is 0. The van der Waals surface area contributed by atoms with Crippen molar-refractivity contribution < 1.29 is 5.11 Å². The number of aliphatic hydroxyl groups is 1. The lowest BCUT2D eigenvalue weighted by atomic mass is 9.90. The fourth-order valence-corrected chi connectivity index (χ4v) is 1.26. The first kappa shape index (κ1) is 11.4. The van der Waals surface area contributed by atoms with Gasteiger partial charge in [-0.3, -0.25) is 0 Å². The first-order valence-electron chi connectivity index (χ1n) is 4.33. The van der Waals surface area contributed by atoms with Crippen molar-refractivity contribution in [2.24, 2.45) is 5.73 Å². The Labute approximate surface area is 74.8 Å². The van der Waals surface area contributed by atoms with Crippen LogP contribution in [0.5, 0.6) is 0 Å². The van der Waals surface area contributed by atoms with Crippen LogP contribution in [0.2, 0.25) is 0 Å². The van der Waals surface area contributed by atoms with E-state index in [1.54, 1.807) is 12.2 Å². The van der Waals surface area contributed by atoms with Gasteiger partial charge < -0.3 is 10.8 Å². The fraction of sp³-hybridized carbons (Fsp3) is 0.600. The van der Waals surface area contributed by atoms with Gasteiger partial charge >= 0.3 is 0 Å². The second-order valence-corrected chi connectivity index (χ2v) is 3.10. The third-order valence-corrected chi connectivity index (χ3v) is 1.89. The fourth-order valence-electron chi connectivity index (χ4n) is 1.26. The Balaban J connectivity index is 3.96. The van der Waals surface area contributed by atoms with E-state index in [4.69, 9.17) is 5.73 Å². The molecule has 0 aliphatic rings. The van der Waals surface area contributed by atoms with Crippen molar-refractivity contribution in [3.8, 4) is 0 Å². The highest BCUT2D eigenvalue weighted by Gasteiger charge is 2.22. The molecular weight excluding hydrogens is 150 g/mol. The van der Waals surface area contributed by atoms with Gasteiger partial charge in [0, 0.05) is 0 Å². The van der Waals surface area contributed by atoms with Gasteiger partial charge in [-0.1, -0.05) is 12.2 Å². The molecule has 0 atom stereocenters. The molecule has 0 radical (unpaired) electrons. The summed E-state index contributed by atoms with van der Waals surface area (Å²) in [5.41, 5.74) is 4.70. The van der Waals surface area contributed by atoms with Crippen LogP contribution in [0.4, 0.5) is 0 Å². The molecule has 0 aromatic carbocycles. The largest absolute Gasteiger partial charge is 0.389 e. The number of nitrogens with two attached hydrogens (primary N) is 1. The summed E-state index contributed by atoms with van der Waals surface area (Å²) in [5.74, 6) is 0. The Morgan fingerprint density at radius 3 is 2.08 bits per heavy atom. The Bertz CT molecular complexity index is 133. The second-order valence-electron chi connectivity index (χ2n) is 3.10. The second kappa shape index (κ2) is 5.98. The van der Waals surface area contributed by atoms with E-state index in [2.05, 4.69) is 13.2 Å². The van der Waals surface area contributed by atoms with Crippen LogP contribution in [-0.4, -0.2) is 17.3 Å². The van der Waals surface area contributed by atoms with E-state index in [1.165, 1.54) is 0 Å². The van der Waals surface area contributed by atoms with Gasteiger partial charge in [-0.25, -0.2) is 0 Å². The first-order chi connectivity index (χ1) is 5.68. The van der Waals surface area contributed by atoms with Gasteiger partial charge in [0.25, 0.3) is 0 Å². The molecule has 2 heteroatoms. The summed E-state index contributed by atoms with van der Waals surface area (Å²) in [4.78, 5) is 0. The Kier molecular flexibility index (Phi) is 5.68. The highest BCUT2D eigenvalue weighted by Crippen LogP contribution is 2.22. The van der Waals surface area contributed by atoms with Crippen LogP contribution < -0.4 is 5.73 Å². The minimum absolute atomic E-state index is 0.610. The minimum atomic E-state index is -0.664. The van der Waals surface area contributed by atoms with Gasteiger partial charge in [0.15, 0.2) is 0 Å². The SMILES string of the molecule is C=CCC(O)(CC=C)CCCN. The van der Waals surface area contributed by atoms with E-state index in [0.717, 1.165) is 12.8 Å². The molecule has 0 aromatic rings. The molecule has 0 aliphatic heterocycles. The topological polar surface area (TPSA) is 46.2 Å². The zero-order valence-electron chi connectivity index (χ0n) is 7.63. The minimum Gasteiger partial charge on any atom is -0.389 e. The molecule has 0 amide bonds. The maximum absolute atomic E-state index is 9.94. The van der Waals surface area contributed by atoms with E-state index >= 15 is 0 Å². The van der Waals surface area contributed by atoms with Gasteiger partial charge in [0.05, 0.1) is 5.60 Å². The third-order valence-electron chi connectivity index (χ3n) is 1.89. The molecule has 0 aromatic heterocycles. The van der Waals surface area contributed by atoms with Crippen LogP contribution in [0.25, 0.3) is 0 Å². The molecule has 0 aliphatic carbocycles. The molecule has 12 heavy (non-hydrogen) atoms. The summed E-state index contributed by atoms with van der Waals surface area (Å²) in [6, 6.07) is 0. The zero-order valence-corrected chi connectivity index (χ0v) is 7.63. The monoisotopic (exact) mass is 169 g/mol. The summed E-state index contributed by atoms with van der Waals surface area (Å²) in [7, 11) is 0. The first-order valence-corrected chi connectivity index (χ1v) is 4.33. The third kappa shape index (κ3) is 4.31. The number of hydrogen-bond donors (Lipinski definition) is 2. The molecule has 70 valence electrons. The maximum Gasteiger partial charge on any atom is 0.0716 e. The van der Waals surface area contributed by atoms with Crippen molar-refractivity contribution >= 4 is 0 Å². The molecule has 3 N–H and O–H groups in total. The summed E-state index contributed by atoms with van der Waals surface area (Å²) in [6.45, 7) is 7.84. The van der Waals surface area contributed by atoms with Crippen LogP contribution in [0.1, 0.15) is 25.7 Å². The van der Waals surface area contributed by atoms with Gasteiger partial charge in [-0.05, 0) is 32.2 Å². The van der Waals surface area contributed by atoms with Crippen molar-refractivity contribution in [1.29, 1.82) is 0 Å². The smallest absolute Gasteiger partial charge is 0.0716 e. The van der Waals surface area contributed by atoms with Gasteiger partial charge in [-0.15, -0.1) is 13.2 Å². The number of rotatable bonds is 7. The highest BCUT2D eigenvalue weighted by atomic mass is 16.3. The van der Waals surface area contributed by atoms with Gasteiger partial charge in [-0.2, -0.15) is 0 Å². The molecule has 0 rings (SSSR count). The van der Waals surface area contributed by atoms with Crippen molar-refractivity contribution in [2.75, 3.05) is 6.54 Å². The summed E-state index contributed by atoms with van der Waals surface area (Å²) >= 11 is 0. The van der Waals surface area contributed by atoms with E-state index in [1.807, 2.05) is 0 Å². The molecule has 0 unspecified atom stereocenters. The lowest BCUT2D eigenvalue weighted by Gasteiger charge is -2.25. The van der Waals surface area contributed by atoms with E-state index in [-0.39, 0.29) is 0 Å². The quantitative estimate of drug-likeness (QED) is 0.569. The number of hydrogen-bond acceptors (Lipinski definition) is 2. The molecule has 0 saturated heterocycles. The summed E-state index contributed by atoms with van der Waals surface area (Å²) in [5, 5.41) is 9.94. The lowest BCUT2D eigenvalue weighted by Crippen LogP contribution is -2.27. The van der Waals surface area contributed by atoms with E-state index in [9.17, 15) is 5.11 Å². The van der Waals surface area contributed by atoms with Crippen molar-refractivity contribution in [3.63, 3.8) is 0 Å². The Morgan fingerprint density at radius 2 is 1.75 bits per heavy atom. The highest BCUT2D eigenvalue weighted by molar-refractivity contribution is 4.91. The van der Waals surface area contributed by atoms with Crippen LogP contribution >= 0.6 is 0 Å². The zero-order chi connectivity index (χ0) is 9.45. The van der Waals surface area contributed by atoms with Gasteiger partial charge in [0.1, 0.15) is 0 Å². The molecule has 2 nitrogen and oxygen atoms in total. The standard InChI is InChI=1S/C10H19NO/c1-3-6-10(12,7-4-2)8-5-9-11/h3-4,12H,1-2,5-9,11H2. The maximum atomic E-state index is 9.94. The average molecular weight is 169 g/mol. The lowest BCUT2D eigenvalue weighted by molar-refractivity contribution is 0.0361. The molecule has 0 saturated carbocycles. The molecule has 0 bridgehead atoms. The van der Waals surface area contributed by atoms with Crippen LogP contribution in [0, 0.1) is 0 Å². The Morgan fingerprint density at radius 1 is 1.25 bits per heavy atom. The predicted molar refractivity (Wildman–Crippen MR) is 52.9 cm³/mol. The molecule has 0 spiro atoms. The van der Waals surface area contributed by atoms with Crippen LogP contribution in [0.3, 0.4) is 0 Å². The van der Waals surface area contributed by atoms with E-state index in [0.29, 0.717) is 19.4 Å². The summed E-state index contributed by atoms with van der Waals surface area (Å²) in [6.07, 6.45) is 6.26. The predicted octanol–water partition coefficient (Wildman–Crippen LogP) is 1.61. The average Bonchev–Trinajstić information content (AvgIpc) is 2.02.